The maximum absolute atomic E-state index is 13.0. The summed E-state index contributed by atoms with van der Waals surface area (Å²) in [6.07, 6.45) is 0.856. The van der Waals surface area contributed by atoms with Gasteiger partial charge in [0.25, 0.3) is 15.9 Å². The molecule has 0 aliphatic carbocycles. The molecular formula is C20H25ClN2O3S. The van der Waals surface area contributed by atoms with Crippen molar-refractivity contribution < 1.29 is 13.2 Å². The number of carbonyl (C=O) groups excluding carboxylic acids is 1. The molecule has 0 N–H and O–H groups in total. The summed E-state index contributed by atoms with van der Waals surface area (Å²) in [7, 11) is -0.638. The minimum Gasteiger partial charge on any atom is -0.342 e. The molecule has 0 aliphatic rings. The van der Waals surface area contributed by atoms with E-state index < -0.39 is 10.0 Å². The number of carbonyl (C=O) groups is 1. The standard InChI is InChI=1S/C20H25ClN2O3S/c1-15(2)12-13-22(3)20(24)18-14-17(10-11-19(18)21)27(25,26)23(4)16-8-6-5-7-9-16/h5-11,14-15H,12-13H2,1-4H3. The summed E-state index contributed by atoms with van der Waals surface area (Å²) in [6.45, 7) is 4.74. The molecule has 5 nitrogen and oxygen atoms in total. The first-order chi connectivity index (χ1) is 12.6. The topological polar surface area (TPSA) is 57.7 Å². The number of amides is 1. The first kappa shape index (κ1) is 21.3. The van der Waals surface area contributed by atoms with Gasteiger partial charge in [-0.3, -0.25) is 9.10 Å². The number of nitrogens with zero attached hydrogens (tertiary/aromatic N) is 2. The lowest BCUT2D eigenvalue weighted by molar-refractivity contribution is 0.0789. The second-order valence-corrected chi connectivity index (χ2v) is 9.24. The van der Waals surface area contributed by atoms with Gasteiger partial charge in [0.15, 0.2) is 0 Å². The number of benzene rings is 2. The number of hydrogen-bond acceptors (Lipinski definition) is 3. The van der Waals surface area contributed by atoms with Crippen molar-refractivity contribution in [2.24, 2.45) is 5.92 Å². The van der Waals surface area contributed by atoms with Crippen molar-refractivity contribution in [2.45, 2.75) is 25.2 Å². The van der Waals surface area contributed by atoms with E-state index in [9.17, 15) is 13.2 Å². The largest absolute Gasteiger partial charge is 0.342 e. The van der Waals surface area contributed by atoms with Crippen LogP contribution < -0.4 is 4.31 Å². The lowest BCUT2D eigenvalue weighted by Gasteiger charge is -2.21. The van der Waals surface area contributed by atoms with Gasteiger partial charge in [-0.05, 0) is 42.7 Å². The predicted molar refractivity (Wildman–Crippen MR) is 110 cm³/mol. The molecule has 2 rings (SSSR count). The zero-order valence-electron chi connectivity index (χ0n) is 16.0. The van der Waals surface area contributed by atoms with Crippen LogP contribution in [0.2, 0.25) is 5.02 Å². The van der Waals surface area contributed by atoms with Crippen molar-refractivity contribution in [3.63, 3.8) is 0 Å². The lowest BCUT2D eigenvalue weighted by Crippen LogP contribution is -2.30. The van der Waals surface area contributed by atoms with Crippen LogP contribution in [0.4, 0.5) is 5.69 Å². The van der Waals surface area contributed by atoms with Crippen molar-refractivity contribution in [3.05, 3.63) is 59.1 Å². The number of rotatable bonds is 7. The molecule has 7 heteroatoms. The van der Waals surface area contributed by atoms with E-state index in [1.54, 1.807) is 36.2 Å². The number of para-hydroxylation sites is 1. The molecule has 2 aromatic carbocycles. The zero-order valence-corrected chi connectivity index (χ0v) is 17.6. The van der Waals surface area contributed by atoms with E-state index >= 15 is 0 Å². The van der Waals surface area contributed by atoms with Crippen LogP contribution in [0.25, 0.3) is 0 Å². The van der Waals surface area contributed by atoms with Crippen molar-refractivity contribution in [1.29, 1.82) is 0 Å². The van der Waals surface area contributed by atoms with Crippen LogP contribution in [0.1, 0.15) is 30.6 Å². The van der Waals surface area contributed by atoms with E-state index in [4.69, 9.17) is 11.6 Å². The molecule has 0 spiro atoms. The molecule has 0 aliphatic heterocycles. The number of anilines is 1. The number of halogens is 1. The molecule has 0 unspecified atom stereocenters. The SMILES string of the molecule is CC(C)CCN(C)C(=O)c1cc(S(=O)(=O)N(C)c2ccccc2)ccc1Cl. The van der Waals surface area contributed by atoms with Crippen molar-refractivity contribution in [2.75, 3.05) is 24.9 Å². The highest BCUT2D eigenvalue weighted by molar-refractivity contribution is 7.92. The molecular weight excluding hydrogens is 384 g/mol. The Labute approximate surface area is 166 Å². The second kappa shape index (κ2) is 8.76. The summed E-state index contributed by atoms with van der Waals surface area (Å²) < 4.78 is 27.1. The Morgan fingerprint density at radius 2 is 1.70 bits per heavy atom. The molecule has 0 atom stereocenters. The summed E-state index contributed by atoms with van der Waals surface area (Å²) in [6, 6.07) is 13.0. The highest BCUT2D eigenvalue weighted by Gasteiger charge is 2.24. The van der Waals surface area contributed by atoms with E-state index in [0.717, 1.165) is 6.42 Å². The first-order valence-electron chi connectivity index (χ1n) is 8.73. The fraction of sp³-hybridized carbons (Fsp3) is 0.350. The molecule has 0 aromatic heterocycles. The normalized spacial score (nSPS) is 11.5. The maximum atomic E-state index is 13.0. The summed E-state index contributed by atoms with van der Waals surface area (Å²) in [5.41, 5.74) is 0.722. The van der Waals surface area contributed by atoms with E-state index in [1.165, 1.54) is 29.6 Å². The van der Waals surface area contributed by atoms with Crippen LogP contribution in [0.5, 0.6) is 0 Å². The third kappa shape index (κ3) is 5.02. The maximum Gasteiger partial charge on any atom is 0.264 e. The Hall–Kier alpha value is -2.05. The molecule has 146 valence electrons. The smallest absolute Gasteiger partial charge is 0.264 e. The molecule has 0 heterocycles. The Kier molecular flexibility index (Phi) is 6.89. The van der Waals surface area contributed by atoms with Gasteiger partial charge < -0.3 is 4.90 Å². The van der Waals surface area contributed by atoms with E-state index in [-0.39, 0.29) is 21.4 Å². The molecule has 0 bridgehead atoms. The van der Waals surface area contributed by atoms with Crippen molar-refractivity contribution in [1.82, 2.24) is 4.90 Å². The van der Waals surface area contributed by atoms with Gasteiger partial charge in [-0.2, -0.15) is 0 Å². The Balaban J connectivity index is 2.34. The van der Waals surface area contributed by atoms with Crippen LogP contribution in [0, 0.1) is 5.92 Å². The predicted octanol–water partition coefficient (Wildman–Crippen LogP) is 4.28. The molecule has 0 radical (unpaired) electrons. The van der Waals surface area contributed by atoms with Crippen LogP contribution in [-0.4, -0.2) is 39.9 Å². The third-order valence-electron chi connectivity index (χ3n) is 4.33. The van der Waals surface area contributed by atoms with Gasteiger partial charge in [0.1, 0.15) is 0 Å². The number of sulfonamides is 1. The van der Waals surface area contributed by atoms with Gasteiger partial charge >= 0.3 is 0 Å². The molecule has 1 amide bonds. The summed E-state index contributed by atoms with van der Waals surface area (Å²) in [4.78, 5) is 14.3. The molecule has 2 aromatic rings. The molecule has 27 heavy (non-hydrogen) atoms. The zero-order chi connectivity index (χ0) is 20.2. The van der Waals surface area contributed by atoms with E-state index in [1.807, 2.05) is 6.07 Å². The highest BCUT2D eigenvalue weighted by atomic mass is 35.5. The van der Waals surface area contributed by atoms with E-state index in [2.05, 4.69) is 13.8 Å². The van der Waals surface area contributed by atoms with Crippen LogP contribution in [0.15, 0.2) is 53.4 Å². The van der Waals surface area contributed by atoms with Gasteiger partial charge in [-0.1, -0.05) is 43.6 Å². The average molecular weight is 409 g/mol. The minimum atomic E-state index is -3.81. The molecule has 0 fully saturated rings. The average Bonchev–Trinajstić information content (AvgIpc) is 2.65. The lowest BCUT2D eigenvalue weighted by atomic mass is 10.1. The Morgan fingerprint density at radius 1 is 1.07 bits per heavy atom. The van der Waals surface area contributed by atoms with Crippen molar-refractivity contribution >= 4 is 33.2 Å². The van der Waals surface area contributed by atoms with Gasteiger partial charge in [0, 0.05) is 20.6 Å². The van der Waals surface area contributed by atoms with Crippen LogP contribution >= 0.6 is 11.6 Å². The Morgan fingerprint density at radius 3 is 2.30 bits per heavy atom. The fourth-order valence-electron chi connectivity index (χ4n) is 2.52. The summed E-state index contributed by atoms with van der Waals surface area (Å²) in [5, 5.41) is 0.234. The van der Waals surface area contributed by atoms with Gasteiger partial charge in [0.2, 0.25) is 0 Å². The minimum absolute atomic E-state index is 0.0267. The highest BCUT2D eigenvalue weighted by Crippen LogP contribution is 2.26. The molecule has 0 saturated carbocycles. The molecule has 0 saturated heterocycles. The van der Waals surface area contributed by atoms with Crippen molar-refractivity contribution in [3.8, 4) is 0 Å². The Bertz CT molecular complexity index is 899. The van der Waals surface area contributed by atoms with Crippen LogP contribution in [-0.2, 0) is 10.0 Å². The monoisotopic (exact) mass is 408 g/mol. The van der Waals surface area contributed by atoms with Gasteiger partial charge in [-0.25, -0.2) is 8.42 Å². The quantitative estimate of drug-likeness (QED) is 0.686. The fourth-order valence-corrected chi connectivity index (χ4v) is 3.94. The summed E-state index contributed by atoms with van der Waals surface area (Å²) >= 11 is 6.19. The number of hydrogen-bond donors (Lipinski definition) is 0. The van der Waals surface area contributed by atoms with Gasteiger partial charge in [-0.15, -0.1) is 0 Å². The second-order valence-electron chi connectivity index (χ2n) is 6.86. The van der Waals surface area contributed by atoms with Gasteiger partial charge in [0.05, 0.1) is 21.2 Å². The first-order valence-corrected chi connectivity index (χ1v) is 10.6. The van der Waals surface area contributed by atoms with Crippen LogP contribution in [0.3, 0.4) is 0 Å². The van der Waals surface area contributed by atoms with E-state index in [0.29, 0.717) is 18.2 Å². The summed E-state index contributed by atoms with van der Waals surface area (Å²) in [5.74, 6) is 0.169. The third-order valence-corrected chi connectivity index (χ3v) is 6.45.